The number of alkyl halides is 1. The highest BCUT2D eigenvalue weighted by molar-refractivity contribution is 7.91. The summed E-state index contributed by atoms with van der Waals surface area (Å²) >= 11 is 0. The van der Waals surface area contributed by atoms with Gasteiger partial charge in [0.15, 0.2) is 5.67 Å². The van der Waals surface area contributed by atoms with E-state index in [2.05, 4.69) is 15.1 Å². The Morgan fingerprint density at radius 2 is 1.61 bits per heavy atom. The molecule has 54 heavy (non-hydrogen) atoms. The van der Waals surface area contributed by atoms with Crippen molar-refractivity contribution in [2.24, 2.45) is 17.6 Å². The maximum absolute atomic E-state index is 16.2. The number of rotatable bonds is 12. The fraction of sp³-hybridized carbons (Fsp3) is 0.500. The van der Waals surface area contributed by atoms with Crippen LogP contribution >= 0.6 is 0 Å². The zero-order valence-electron chi connectivity index (χ0n) is 30.5. The summed E-state index contributed by atoms with van der Waals surface area (Å²) in [5.74, 6) is -1.99. The topological polar surface area (TPSA) is 125 Å². The lowest BCUT2D eigenvalue weighted by molar-refractivity contribution is 0.00584. The Hall–Kier alpha value is -4.14. The molecule has 0 spiro atoms. The molecule has 0 unspecified atom stereocenters. The lowest BCUT2D eigenvalue weighted by atomic mass is 9.57. The summed E-state index contributed by atoms with van der Waals surface area (Å²) in [6, 6.07) is 15.9. The van der Waals surface area contributed by atoms with Crippen molar-refractivity contribution in [3.63, 3.8) is 0 Å². The van der Waals surface area contributed by atoms with E-state index >= 15 is 4.39 Å². The van der Waals surface area contributed by atoms with Crippen LogP contribution in [0.5, 0.6) is 0 Å². The molecule has 0 bridgehead atoms. The number of nitrogens with one attached hydrogen (secondary N) is 1. The molecule has 4 aliphatic rings. The number of piperidine rings is 1. The minimum absolute atomic E-state index is 0.0548. The highest BCUT2D eigenvalue weighted by atomic mass is 32.2. The number of sulfone groups is 1. The third kappa shape index (κ3) is 7.44. The van der Waals surface area contributed by atoms with Crippen LogP contribution in [-0.4, -0.2) is 101 Å². The van der Waals surface area contributed by atoms with Crippen LogP contribution < -0.4 is 16.0 Å². The maximum Gasteiger partial charge on any atom is 0.407 e. The van der Waals surface area contributed by atoms with Crippen molar-refractivity contribution in [3.8, 4) is 0 Å². The fourth-order valence-electron chi connectivity index (χ4n) is 9.50. The van der Waals surface area contributed by atoms with Crippen molar-refractivity contribution in [1.29, 1.82) is 0 Å². The van der Waals surface area contributed by atoms with Gasteiger partial charge in [0.1, 0.15) is 11.6 Å². The number of ether oxygens (including phenoxy) is 1. The van der Waals surface area contributed by atoms with E-state index in [1.807, 2.05) is 11.0 Å². The molecule has 3 aromatic carbocycles. The first-order chi connectivity index (χ1) is 25.8. The predicted molar refractivity (Wildman–Crippen MR) is 198 cm³/mol. The SMILES string of the molecule is COC(=O)N[C@H]1CCC[C@@H]1[C@](CN1CCC1)(c1cccc(F)c1)C1CCN(CC2(F)CN(c3ccc(S(=O)(=O)c4ccc(C(N)=O)c(F)c4)cc3)C2)CC1. The van der Waals surface area contributed by atoms with E-state index in [9.17, 15) is 26.8 Å². The molecule has 2 amide bonds. The Balaban J connectivity index is 1.02. The second-order valence-electron chi connectivity index (χ2n) is 15.5. The smallest absolute Gasteiger partial charge is 0.407 e. The zero-order valence-corrected chi connectivity index (χ0v) is 31.3. The number of carbonyl (C=O) groups is 2. The summed E-state index contributed by atoms with van der Waals surface area (Å²) in [5.41, 5.74) is 4.54. The quantitative estimate of drug-likeness (QED) is 0.255. The van der Waals surface area contributed by atoms with Gasteiger partial charge in [-0.15, -0.1) is 0 Å². The minimum atomic E-state index is -4.07. The summed E-state index contributed by atoms with van der Waals surface area (Å²) < 4.78 is 76.8. The van der Waals surface area contributed by atoms with Crippen molar-refractivity contribution >= 4 is 27.5 Å². The molecule has 3 heterocycles. The summed E-state index contributed by atoms with van der Waals surface area (Å²) in [5, 5.41) is 3.12. The molecule has 0 radical (unpaired) electrons. The number of benzene rings is 3. The van der Waals surface area contributed by atoms with Gasteiger partial charge >= 0.3 is 6.09 Å². The van der Waals surface area contributed by atoms with E-state index in [0.717, 1.165) is 81.9 Å². The van der Waals surface area contributed by atoms with Gasteiger partial charge in [-0.1, -0.05) is 18.6 Å². The van der Waals surface area contributed by atoms with E-state index < -0.39 is 44.3 Å². The van der Waals surface area contributed by atoms with E-state index in [1.54, 1.807) is 24.3 Å². The summed E-state index contributed by atoms with van der Waals surface area (Å²) in [7, 11) is -2.70. The lowest BCUT2D eigenvalue weighted by Crippen LogP contribution is -2.65. The van der Waals surface area contributed by atoms with Crippen molar-refractivity contribution in [3.05, 3.63) is 89.5 Å². The summed E-state index contributed by atoms with van der Waals surface area (Å²) in [6.45, 7) is 4.74. The molecule has 3 aliphatic heterocycles. The number of halogens is 3. The van der Waals surface area contributed by atoms with Crippen LogP contribution in [0.25, 0.3) is 0 Å². The van der Waals surface area contributed by atoms with Crippen LogP contribution in [0, 0.1) is 23.5 Å². The van der Waals surface area contributed by atoms with Crippen LogP contribution in [0.15, 0.2) is 76.5 Å². The first kappa shape index (κ1) is 38.1. The van der Waals surface area contributed by atoms with Crippen LogP contribution in [0.3, 0.4) is 0 Å². The molecular formula is C40H48F3N5O5S. The molecule has 3 saturated heterocycles. The molecule has 4 fully saturated rings. The number of amides is 2. The van der Waals surface area contributed by atoms with Crippen LogP contribution in [0.4, 0.5) is 23.7 Å². The Morgan fingerprint density at radius 1 is 0.907 bits per heavy atom. The molecule has 3 aromatic rings. The van der Waals surface area contributed by atoms with E-state index in [0.29, 0.717) is 18.8 Å². The van der Waals surface area contributed by atoms with Crippen molar-refractivity contribution in [1.82, 2.24) is 15.1 Å². The van der Waals surface area contributed by atoms with Gasteiger partial charge in [-0.25, -0.2) is 26.4 Å². The van der Waals surface area contributed by atoms with Gasteiger partial charge in [-0.2, -0.15) is 0 Å². The van der Waals surface area contributed by atoms with Crippen LogP contribution in [-0.2, 0) is 20.0 Å². The molecule has 290 valence electrons. The number of nitrogens with two attached hydrogens (primary N) is 1. The molecule has 3 atom stereocenters. The zero-order chi connectivity index (χ0) is 38.3. The first-order valence-corrected chi connectivity index (χ1v) is 20.2. The molecule has 0 aromatic heterocycles. The molecule has 7 rings (SSSR count). The number of hydrogen-bond acceptors (Lipinski definition) is 8. The Morgan fingerprint density at radius 3 is 2.22 bits per heavy atom. The van der Waals surface area contributed by atoms with E-state index in [1.165, 1.54) is 25.3 Å². The van der Waals surface area contributed by atoms with Crippen LogP contribution in [0.2, 0.25) is 0 Å². The van der Waals surface area contributed by atoms with Gasteiger partial charge in [-0.3, -0.25) is 9.69 Å². The van der Waals surface area contributed by atoms with Gasteiger partial charge in [0.25, 0.3) is 5.91 Å². The predicted octanol–water partition coefficient (Wildman–Crippen LogP) is 5.31. The number of hydrogen-bond donors (Lipinski definition) is 2. The fourth-order valence-corrected chi connectivity index (χ4v) is 10.8. The van der Waals surface area contributed by atoms with Crippen molar-refractivity contribution in [2.45, 2.75) is 65.4 Å². The number of anilines is 1. The number of alkyl carbamates (subject to hydrolysis) is 1. The van der Waals surface area contributed by atoms with Gasteiger partial charge < -0.3 is 25.6 Å². The lowest BCUT2D eigenvalue weighted by Gasteiger charge is -2.54. The molecule has 14 heteroatoms. The third-order valence-electron chi connectivity index (χ3n) is 12.3. The maximum atomic E-state index is 16.2. The number of primary amides is 1. The minimum Gasteiger partial charge on any atom is -0.453 e. The molecular weight excluding hydrogens is 720 g/mol. The highest BCUT2D eigenvalue weighted by Gasteiger charge is 2.54. The average Bonchev–Trinajstić information content (AvgIpc) is 3.58. The van der Waals surface area contributed by atoms with Gasteiger partial charge in [0.2, 0.25) is 9.84 Å². The number of nitrogens with zero attached hydrogens (tertiary/aromatic N) is 3. The Labute approximate surface area is 314 Å². The molecule has 10 nitrogen and oxygen atoms in total. The number of likely N-dealkylation sites (tertiary alicyclic amines) is 2. The second kappa shape index (κ2) is 15.2. The van der Waals surface area contributed by atoms with E-state index in [-0.39, 0.29) is 53.1 Å². The third-order valence-corrected chi connectivity index (χ3v) is 14.0. The van der Waals surface area contributed by atoms with Crippen LogP contribution in [0.1, 0.15) is 54.4 Å². The first-order valence-electron chi connectivity index (χ1n) is 18.7. The van der Waals surface area contributed by atoms with Crippen molar-refractivity contribution in [2.75, 3.05) is 64.4 Å². The standard InChI is InChI=1S/C40H48F3N5O5S/c1-53-38(50)45-36-8-3-7-34(36)40(26-46-17-4-18-46,28-5-2-6-29(41)21-28)27-15-19-47(20-16-27)23-39(43)24-48(25-39)30-9-11-31(12-10-30)54(51,52)32-13-14-33(37(44)49)35(42)22-32/h2,5-6,9-14,21-22,27,34,36H,3-4,7-8,15-20,23-26H2,1H3,(H2,44,49)(H,45,50)/t34-,36-,40-/m0/s1. The second-order valence-corrected chi connectivity index (χ2v) is 17.5. The Bertz CT molecular complexity index is 1970. The molecule has 3 N–H and O–H groups in total. The van der Waals surface area contributed by atoms with E-state index in [4.69, 9.17) is 10.5 Å². The molecule has 1 aliphatic carbocycles. The summed E-state index contributed by atoms with van der Waals surface area (Å²) in [6.07, 6.45) is 5.02. The number of carbonyl (C=O) groups excluding carboxylic acids is 2. The molecule has 1 saturated carbocycles. The number of methoxy groups -OCH3 is 1. The summed E-state index contributed by atoms with van der Waals surface area (Å²) in [4.78, 5) is 30.0. The Kier molecular flexibility index (Phi) is 10.7. The average molecular weight is 768 g/mol. The highest BCUT2D eigenvalue weighted by Crippen LogP contribution is 2.51. The van der Waals surface area contributed by atoms with Gasteiger partial charge in [0.05, 0.1) is 35.6 Å². The monoisotopic (exact) mass is 767 g/mol. The van der Waals surface area contributed by atoms with Crippen molar-refractivity contribution < 1.29 is 35.9 Å². The van der Waals surface area contributed by atoms with Gasteiger partial charge in [-0.05, 0) is 130 Å². The normalized spacial score (nSPS) is 23.2. The largest absolute Gasteiger partial charge is 0.453 e. The van der Waals surface area contributed by atoms with Gasteiger partial charge in [0, 0.05) is 30.2 Å².